The van der Waals surface area contributed by atoms with Crippen LogP contribution in [-0.2, 0) is 0 Å². The minimum absolute atomic E-state index is 0.118. The van der Waals surface area contributed by atoms with E-state index in [1.165, 1.54) is 5.32 Å². The second kappa shape index (κ2) is 6.37. The molecule has 0 aliphatic carbocycles. The SMILES string of the molecule is Fc1c(-c2ccc(NC(F)(F)F)cc2)ccc(N(F)C(F)(F)F)c1F. The largest absolute Gasteiger partial charge is 0.512 e. The molecule has 25 heavy (non-hydrogen) atoms. The molecule has 0 atom stereocenters. The topological polar surface area (TPSA) is 15.3 Å². The third-order valence-electron chi connectivity index (χ3n) is 2.98. The van der Waals surface area contributed by atoms with Gasteiger partial charge in [-0.15, -0.1) is 18.3 Å². The molecule has 2 rings (SSSR count). The average molecular weight is 374 g/mol. The molecule has 0 amide bonds. The van der Waals surface area contributed by atoms with E-state index in [1.54, 1.807) is 0 Å². The Hall–Kier alpha value is -2.59. The van der Waals surface area contributed by atoms with Crippen LogP contribution in [0.3, 0.4) is 0 Å². The molecular formula is C14H7F9N2. The second-order valence-electron chi connectivity index (χ2n) is 4.71. The van der Waals surface area contributed by atoms with Gasteiger partial charge in [-0.3, -0.25) is 5.32 Å². The Bertz CT molecular complexity index is 751. The van der Waals surface area contributed by atoms with Crippen molar-refractivity contribution in [3.05, 3.63) is 48.0 Å². The van der Waals surface area contributed by atoms with Gasteiger partial charge in [-0.2, -0.15) is 13.2 Å². The monoisotopic (exact) mass is 374 g/mol. The zero-order valence-corrected chi connectivity index (χ0v) is 11.8. The van der Waals surface area contributed by atoms with E-state index in [-0.39, 0.29) is 11.3 Å². The van der Waals surface area contributed by atoms with Gasteiger partial charge in [0.25, 0.3) is 0 Å². The highest BCUT2D eigenvalue weighted by Gasteiger charge is 2.41. The van der Waals surface area contributed by atoms with Gasteiger partial charge in [-0.05, 0) is 29.8 Å². The predicted molar refractivity (Wildman–Crippen MR) is 71.1 cm³/mol. The molecule has 0 saturated carbocycles. The van der Waals surface area contributed by atoms with E-state index in [0.717, 1.165) is 24.3 Å². The standard InChI is InChI=1S/C14H7F9N2/c15-11-9(5-6-10(12(11)16)25(23)14(20,21)22)7-1-3-8(4-2-7)24-13(17,18)19/h1-6,24H. The van der Waals surface area contributed by atoms with Crippen LogP contribution >= 0.6 is 0 Å². The Kier molecular flexibility index (Phi) is 4.78. The summed E-state index contributed by atoms with van der Waals surface area (Å²) in [6, 6.07) is 4.84. The molecule has 0 heterocycles. The Morgan fingerprint density at radius 2 is 1.32 bits per heavy atom. The highest BCUT2D eigenvalue weighted by molar-refractivity contribution is 5.69. The van der Waals surface area contributed by atoms with Crippen molar-refractivity contribution in [1.29, 1.82) is 0 Å². The zero-order valence-electron chi connectivity index (χ0n) is 11.8. The summed E-state index contributed by atoms with van der Waals surface area (Å²) in [5.74, 6) is -3.87. The lowest BCUT2D eigenvalue weighted by Gasteiger charge is -2.18. The second-order valence-corrected chi connectivity index (χ2v) is 4.71. The third kappa shape index (κ3) is 4.28. The van der Waals surface area contributed by atoms with Gasteiger partial charge >= 0.3 is 12.6 Å². The first-order valence-electron chi connectivity index (χ1n) is 6.36. The van der Waals surface area contributed by atoms with Crippen molar-refractivity contribution < 1.29 is 39.6 Å². The molecule has 0 aliphatic rings. The Morgan fingerprint density at radius 1 is 0.760 bits per heavy atom. The molecule has 2 aromatic rings. The molecule has 0 fully saturated rings. The van der Waals surface area contributed by atoms with Gasteiger partial charge in [0.1, 0.15) is 5.69 Å². The molecule has 0 saturated heterocycles. The molecule has 0 aliphatic heterocycles. The lowest BCUT2D eigenvalue weighted by molar-refractivity contribution is -0.157. The summed E-state index contributed by atoms with van der Waals surface area (Å²) < 4.78 is 114. The zero-order chi connectivity index (χ0) is 19.0. The summed E-state index contributed by atoms with van der Waals surface area (Å²) in [4.78, 5) is 0. The van der Waals surface area contributed by atoms with Crippen molar-refractivity contribution in [2.24, 2.45) is 0 Å². The number of benzene rings is 2. The van der Waals surface area contributed by atoms with E-state index in [9.17, 15) is 39.6 Å². The molecule has 2 nitrogen and oxygen atoms in total. The number of hydrogen-bond donors (Lipinski definition) is 1. The average Bonchev–Trinajstić information content (AvgIpc) is 2.48. The first kappa shape index (κ1) is 18.7. The van der Waals surface area contributed by atoms with Crippen molar-refractivity contribution >= 4 is 11.4 Å². The molecule has 136 valence electrons. The van der Waals surface area contributed by atoms with Crippen molar-refractivity contribution in [3.8, 4) is 11.1 Å². The van der Waals surface area contributed by atoms with Crippen LogP contribution in [0.25, 0.3) is 11.1 Å². The van der Waals surface area contributed by atoms with Crippen molar-refractivity contribution in [2.45, 2.75) is 12.6 Å². The van der Waals surface area contributed by atoms with Crippen molar-refractivity contribution in [1.82, 2.24) is 0 Å². The number of halogens is 9. The molecule has 1 N–H and O–H groups in total. The van der Waals surface area contributed by atoms with Gasteiger partial charge in [0.2, 0.25) is 0 Å². The number of rotatable bonds is 3. The summed E-state index contributed by atoms with van der Waals surface area (Å²) in [5, 5.41) is -0.706. The summed E-state index contributed by atoms with van der Waals surface area (Å²) >= 11 is 0. The van der Waals surface area contributed by atoms with Gasteiger partial charge < -0.3 is 0 Å². The van der Waals surface area contributed by atoms with Crippen LogP contribution in [-0.4, -0.2) is 12.6 Å². The van der Waals surface area contributed by atoms with Crippen LogP contribution in [0.1, 0.15) is 0 Å². The summed E-state index contributed by atoms with van der Waals surface area (Å²) in [6.45, 7) is 0. The molecule has 11 heteroatoms. The predicted octanol–water partition coefficient (Wildman–Crippen LogP) is 5.77. The van der Waals surface area contributed by atoms with Crippen LogP contribution in [0.2, 0.25) is 0 Å². The smallest absolute Gasteiger partial charge is 0.298 e. The maximum Gasteiger partial charge on any atom is 0.512 e. The lowest BCUT2D eigenvalue weighted by Crippen LogP contribution is -2.31. The maximum atomic E-state index is 13.9. The fourth-order valence-corrected chi connectivity index (χ4v) is 1.95. The van der Waals surface area contributed by atoms with E-state index >= 15 is 0 Å². The third-order valence-corrected chi connectivity index (χ3v) is 2.98. The molecule has 0 unspecified atom stereocenters. The minimum Gasteiger partial charge on any atom is -0.298 e. The summed E-state index contributed by atoms with van der Waals surface area (Å²) in [7, 11) is 0. The Labute approximate surface area is 134 Å². The first-order valence-corrected chi connectivity index (χ1v) is 6.36. The van der Waals surface area contributed by atoms with Crippen LogP contribution in [0.5, 0.6) is 0 Å². The number of nitrogens with one attached hydrogen (secondary N) is 1. The van der Waals surface area contributed by atoms with Gasteiger partial charge in [0.15, 0.2) is 11.6 Å². The Balaban J connectivity index is 2.36. The summed E-state index contributed by atoms with van der Waals surface area (Å²) in [5.41, 5.74) is -2.73. The molecule has 2 aromatic carbocycles. The fourth-order valence-electron chi connectivity index (χ4n) is 1.95. The van der Waals surface area contributed by atoms with Crippen LogP contribution in [0, 0.1) is 11.6 Å². The Morgan fingerprint density at radius 3 is 1.80 bits per heavy atom. The van der Waals surface area contributed by atoms with Crippen LogP contribution in [0.15, 0.2) is 36.4 Å². The van der Waals surface area contributed by atoms with Gasteiger partial charge in [0, 0.05) is 11.3 Å². The normalized spacial score (nSPS) is 12.2. The number of alkyl halides is 6. The molecule has 0 bridgehead atoms. The van der Waals surface area contributed by atoms with E-state index in [2.05, 4.69) is 0 Å². The van der Waals surface area contributed by atoms with Crippen molar-refractivity contribution in [3.63, 3.8) is 0 Å². The van der Waals surface area contributed by atoms with Crippen molar-refractivity contribution in [2.75, 3.05) is 10.4 Å². The number of anilines is 2. The van der Waals surface area contributed by atoms with Crippen LogP contribution in [0.4, 0.5) is 51.0 Å². The number of hydrogen-bond acceptors (Lipinski definition) is 2. The van der Waals surface area contributed by atoms with Gasteiger partial charge in [-0.1, -0.05) is 16.6 Å². The minimum atomic E-state index is -5.57. The molecule has 0 aromatic heterocycles. The van der Waals surface area contributed by atoms with Gasteiger partial charge in [0.05, 0.1) is 0 Å². The lowest BCUT2D eigenvalue weighted by atomic mass is 10.0. The quantitative estimate of drug-likeness (QED) is 0.417. The molecule has 0 spiro atoms. The number of nitrogens with zero attached hydrogens (tertiary/aromatic N) is 1. The van der Waals surface area contributed by atoms with E-state index in [1.807, 2.05) is 0 Å². The van der Waals surface area contributed by atoms with E-state index in [4.69, 9.17) is 0 Å². The highest BCUT2D eigenvalue weighted by atomic mass is 19.4. The fraction of sp³-hybridized carbons (Fsp3) is 0.143. The highest BCUT2D eigenvalue weighted by Crippen LogP contribution is 2.35. The molecule has 0 radical (unpaired) electrons. The molecular weight excluding hydrogens is 367 g/mol. The van der Waals surface area contributed by atoms with E-state index < -0.39 is 40.6 Å². The van der Waals surface area contributed by atoms with Gasteiger partial charge in [-0.25, -0.2) is 8.78 Å². The summed E-state index contributed by atoms with van der Waals surface area (Å²) in [6.07, 6.45) is -10.3. The van der Waals surface area contributed by atoms with E-state index in [0.29, 0.717) is 12.1 Å². The maximum absolute atomic E-state index is 13.9. The first-order chi connectivity index (χ1) is 11.4. The van der Waals surface area contributed by atoms with Crippen LogP contribution < -0.4 is 10.4 Å².